The number of nitrogens with zero attached hydrogens (tertiary/aromatic N) is 1. The minimum atomic E-state index is -4.02. The molecule has 0 fully saturated rings. The standard InChI is InChI=1S/C16H14BrN3O7S/c1-9-2-3-10(6-14(9)28(18,25)26)16(22)27-8-15(21)19-13-5-4-11(20(23)24)7-12(13)17/h2-7H,8H2,1H3,(H,19,21)(H2,18,25,26). The molecule has 2 rings (SSSR count). The molecule has 0 bridgehead atoms. The van der Waals surface area contributed by atoms with Crippen LogP contribution in [-0.4, -0.2) is 31.8 Å². The van der Waals surface area contributed by atoms with Crippen LogP contribution in [0.1, 0.15) is 15.9 Å². The number of amides is 1. The number of nitrogens with two attached hydrogens (primary N) is 1. The van der Waals surface area contributed by atoms with Crippen molar-refractivity contribution in [2.75, 3.05) is 11.9 Å². The molecule has 3 N–H and O–H groups in total. The number of hydrogen-bond donors (Lipinski definition) is 2. The summed E-state index contributed by atoms with van der Waals surface area (Å²) >= 11 is 3.10. The second-order valence-electron chi connectivity index (χ2n) is 5.57. The van der Waals surface area contributed by atoms with Crippen LogP contribution in [-0.2, 0) is 19.6 Å². The normalized spacial score (nSPS) is 11.0. The fourth-order valence-electron chi connectivity index (χ4n) is 2.15. The Kier molecular flexibility index (Phi) is 6.48. The molecule has 12 heteroatoms. The third kappa shape index (κ3) is 5.34. The molecule has 10 nitrogen and oxygen atoms in total. The Balaban J connectivity index is 2.03. The smallest absolute Gasteiger partial charge is 0.338 e. The van der Waals surface area contributed by atoms with Gasteiger partial charge in [0, 0.05) is 16.6 Å². The number of halogens is 1. The topological polar surface area (TPSA) is 159 Å². The number of rotatable bonds is 6. The summed E-state index contributed by atoms with van der Waals surface area (Å²) < 4.78 is 28.2. The number of non-ortho nitro benzene ring substituents is 1. The van der Waals surface area contributed by atoms with Crippen molar-refractivity contribution in [2.24, 2.45) is 5.14 Å². The molecule has 148 valence electrons. The van der Waals surface area contributed by atoms with Crippen molar-refractivity contribution in [1.82, 2.24) is 0 Å². The van der Waals surface area contributed by atoms with Crippen molar-refractivity contribution in [3.05, 3.63) is 62.1 Å². The summed E-state index contributed by atoms with van der Waals surface area (Å²) in [5.41, 5.74) is 0.360. The van der Waals surface area contributed by atoms with Gasteiger partial charge in [0.05, 0.1) is 21.1 Å². The van der Waals surface area contributed by atoms with Crippen LogP contribution in [0.2, 0.25) is 0 Å². The molecule has 28 heavy (non-hydrogen) atoms. The Morgan fingerprint density at radius 3 is 2.50 bits per heavy atom. The molecular weight excluding hydrogens is 458 g/mol. The second kappa shape index (κ2) is 8.46. The van der Waals surface area contributed by atoms with E-state index in [1.807, 2.05) is 0 Å². The van der Waals surface area contributed by atoms with Crippen LogP contribution in [0.15, 0.2) is 45.8 Å². The maximum atomic E-state index is 12.1. The summed E-state index contributed by atoms with van der Waals surface area (Å²) in [4.78, 5) is 33.9. The number of anilines is 1. The Labute approximate surface area is 168 Å². The van der Waals surface area contributed by atoms with Crippen LogP contribution >= 0.6 is 15.9 Å². The summed E-state index contributed by atoms with van der Waals surface area (Å²) in [6.45, 7) is 0.866. The van der Waals surface area contributed by atoms with Gasteiger partial charge in [0.2, 0.25) is 10.0 Å². The molecule has 0 radical (unpaired) electrons. The summed E-state index contributed by atoms with van der Waals surface area (Å²) in [7, 11) is -4.02. The molecule has 0 heterocycles. The molecule has 0 aliphatic rings. The number of nitrogens with one attached hydrogen (secondary N) is 1. The van der Waals surface area contributed by atoms with Crippen LogP contribution in [0.4, 0.5) is 11.4 Å². The van der Waals surface area contributed by atoms with Gasteiger partial charge in [-0.05, 0) is 46.6 Å². The van der Waals surface area contributed by atoms with Gasteiger partial charge in [-0.15, -0.1) is 0 Å². The predicted molar refractivity (Wildman–Crippen MR) is 102 cm³/mol. The van der Waals surface area contributed by atoms with Crippen molar-refractivity contribution in [2.45, 2.75) is 11.8 Å². The lowest BCUT2D eigenvalue weighted by Crippen LogP contribution is -2.21. The van der Waals surface area contributed by atoms with Crippen molar-refractivity contribution in [3.63, 3.8) is 0 Å². The number of hydrogen-bond acceptors (Lipinski definition) is 7. The van der Waals surface area contributed by atoms with E-state index in [0.29, 0.717) is 5.56 Å². The summed E-state index contributed by atoms with van der Waals surface area (Å²) in [6.07, 6.45) is 0. The second-order valence-corrected chi connectivity index (χ2v) is 7.96. The zero-order valence-corrected chi connectivity index (χ0v) is 16.7. The van der Waals surface area contributed by atoms with E-state index < -0.39 is 33.4 Å². The van der Waals surface area contributed by atoms with Gasteiger partial charge < -0.3 is 10.1 Å². The fraction of sp³-hybridized carbons (Fsp3) is 0.125. The molecule has 0 spiro atoms. The van der Waals surface area contributed by atoms with Gasteiger partial charge in [-0.1, -0.05) is 6.07 Å². The quantitative estimate of drug-likeness (QED) is 0.370. The SMILES string of the molecule is Cc1ccc(C(=O)OCC(=O)Nc2ccc([N+](=O)[O-])cc2Br)cc1S(N)(=O)=O. The number of sulfonamides is 1. The highest BCUT2D eigenvalue weighted by Gasteiger charge is 2.17. The molecule has 0 aliphatic heterocycles. The summed E-state index contributed by atoms with van der Waals surface area (Å²) in [5.74, 6) is -1.61. The molecule has 0 atom stereocenters. The average Bonchev–Trinajstić information content (AvgIpc) is 2.60. The van der Waals surface area contributed by atoms with Gasteiger partial charge >= 0.3 is 5.97 Å². The number of primary sulfonamides is 1. The average molecular weight is 472 g/mol. The Morgan fingerprint density at radius 2 is 1.93 bits per heavy atom. The molecule has 1 amide bonds. The van der Waals surface area contributed by atoms with Gasteiger partial charge in [-0.25, -0.2) is 18.4 Å². The van der Waals surface area contributed by atoms with Crippen LogP contribution in [0.3, 0.4) is 0 Å². The third-order valence-corrected chi connectivity index (χ3v) is 5.21. The first kappa shape index (κ1) is 21.5. The third-order valence-electron chi connectivity index (χ3n) is 3.50. The lowest BCUT2D eigenvalue weighted by Gasteiger charge is -2.09. The molecule has 0 saturated heterocycles. The summed E-state index contributed by atoms with van der Waals surface area (Å²) in [5, 5.41) is 18.2. The molecule has 0 unspecified atom stereocenters. The lowest BCUT2D eigenvalue weighted by atomic mass is 10.1. The van der Waals surface area contributed by atoms with E-state index in [9.17, 15) is 28.1 Å². The maximum absolute atomic E-state index is 12.1. The molecule has 0 aromatic heterocycles. The van der Waals surface area contributed by atoms with Crippen LogP contribution in [0, 0.1) is 17.0 Å². The minimum Gasteiger partial charge on any atom is -0.452 e. The molecule has 2 aromatic carbocycles. The molecular formula is C16H14BrN3O7S. The van der Waals surface area contributed by atoms with E-state index in [1.165, 1.54) is 37.3 Å². The number of nitro benzene ring substituents is 1. The number of ether oxygens (including phenoxy) is 1. The first-order valence-electron chi connectivity index (χ1n) is 7.53. The number of carbonyl (C=O) groups is 2. The van der Waals surface area contributed by atoms with Crippen LogP contribution in [0.25, 0.3) is 0 Å². The van der Waals surface area contributed by atoms with Gasteiger partial charge in [-0.3, -0.25) is 14.9 Å². The molecule has 2 aromatic rings. The highest BCUT2D eigenvalue weighted by Crippen LogP contribution is 2.27. The number of nitro groups is 1. The molecule has 0 saturated carbocycles. The monoisotopic (exact) mass is 471 g/mol. The Morgan fingerprint density at radius 1 is 1.25 bits per heavy atom. The van der Waals surface area contributed by atoms with E-state index in [-0.39, 0.29) is 26.3 Å². The Hall–Kier alpha value is -2.83. The maximum Gasteiger partial charge on any atom is 0.338 e. The van der Waals surface area contributed by atoms with E-state index in [0.717, 1.165) is 6.07 Å². The van der Waals surface area contributed by atoms with Crippen molar-refractivity contribution < 1.29 is 27.7 Å². The summed E-state index contributed by atoms with van der Waals surface area (Å²) in [6, 6.07) is 7.54. The minimum absolute atomic E-state index is 0.0843. The highest BCUT2D eigenvalue weighted by molar-refractivity contribution is 9.10. The van der Waals surface area contributed by atoms with E-state index in [2.05, 4.69) is 21.2 Å². The predicted octanol–water partition coefficient (Wildman–Crippen LogP) is 2.11. The first-order valence-corrected chi connectivity index (χ1v) is 9.87. The van der Waals surface area contributed by atoms with Crippen LogP contribution in [0.5, 0.6) is 0 Å². The van der Waals surface area contributed by atoms with E-state index in [4.69, 9.17) is 9.88 Å². The zero-order chi connectivity index (χ0) is 21.1. The number of carbonyl (C=O) groups excluding carboxylic acids is 2. The van der Waals surface area contributed by atoms with Crippen molar-refractivity contribution in [1.29, 1.82) is 0 Å². The van der Waals surface area contributed by atoms with E-state index in [1.54, 1.807) is 0 Å². The largest absolute Gasteiger partial charge is 0.452 e. The fourth-order valence-corrected chi connectivity index (χ4v) is 3.43. The van der Waals surface area contributed by atoms with E-state index >= 15 is 0 Å². The lowest BCUT2D eigenvalue weighted by molar-refractivity contribution is -0.384. The van der Waals surface area contributed by atoms with Gasteiger partial charge in [-0.2, -0.15) is 0 Å². The first-order chi connectivity index (χ1) is 13.0. The van der Waals surface area contributed by atoms with Crippen LogP contribution < -0.4 is 10.5 Å². The number of benzene rings is 2. The van der Waals surface area contributed by atoms with Crippen molar-refractivity contribution >= 4 is 49.2 Å². The highest BCUT2D eigenvalue weighted by atomic mass is 79.9. The Bertz CT molecular complexity index is 1070. The van der Waals surface area contributed by atoms with Gasteiger partial charge in [0.15, 0.2) is 6.61 Å². The zero-order valence-electron chi connectivity index (χ0n) is 14.3. The number of esters is 1. The van der Waals surface area contributed by atoms with Gasteiger partial charge in [0.25, 0.3) is 11.6 Å². The number of aryl methyl sites for hydroxylation is 1. The molecule has 0 aliphatic carbocycles. The van der Waals surface area contributed by atoms with Crippen molar-refractivity contribution in [3.8, 4) is 0 Å². The van der Waals surface area contributed by atoms with Gasteiger partial charge in [0.1, 0.15) is 0 Å².